The van der Waals surface area contributed by atoms with E-state index in [4.69, 9.17) is 23.2 Å². The third-order valence-electron chi connectivity index (χ3n) is 2.90. The van der Waals surface area contributed by atoms with Crippen LogP contribution in [0.4, 0.5) is 0 Å². The van der Waals surface area contributed by atoms with Gasteiger partial charge in [0.25, 0.3) is 0 Å². The van der Waals surface area contributed by atoms with E-state index in [-0.39, 0.29) is 0 Å². The zero-order valence-electron chi connectivity index (χ0n) is 10.4. The third-order valence-corrected chi connectivity index (χ3v) is 3.45. The molecule has 2 aromatic carbocycles. The summed E-state index contributed by atoms with van der Waals surface area (Å²) in [5.74, 6) is 0. The fourth-order valence-electron chi connectivity index (χ4n) is 1.98. The zero-order valence-corrected chi connectivity index (χ0v) is 11.9. The lowest BCUT2D eigenvalue weighted by Crippen LogP contribution is -2.05. The molecule has 1 nitrogen and oxygen atoms in total. The fraction of sp³-hybridized carbons (Fsp3) is 0.200. The Morgan fingerprint density at radius 2 is 1.78 bits per heavy atom. The topological polar surface area (TPSA) is 12.0 Å². The van der Waals surface area contributed by atoms with Crippen molar-refractivity contribution in [1.82, 2.24) is 5.32 Å². The maximum absolute atomic E-state index is 6.27. The Balaban J connectivity index is 2.51. The van der Waals surface area contributed by atoms with Gasteiger partial charge in [0.05, 0.1) is 0 Å². The van der Waals surface area contributed by atoms with Crippen molar-refractivity contribution in [2.24, 2.45) is 0 Å². The quantitative estimate of drug-likeness (QED) is 0.860. The van der Waals surface area contributed by atoms with E-state index in [9.17, 15) is 0 Å². The highest BCUT2D eigenvalue weighted by molar-refractivity contribution is 6.36. The van der Waals surface area contributed by atoms with E-state index in [0.29, 0.717) is 10.0 Å². The smallest absolute Gasteiger partial charge is 0.0499 e. The summed E-state index contributed by atoms with van der Waals surface area (Å²) in [5.41, 5.74) is 4.63. The van der Waals surface area contributed by atoms with Gasteiger partial charge in [0.2, 0.25) is 0 Å². The highest BCUT2D eigenvalue weighted by Gasteiger charge is 2.08. The predicted molar refractivity (Wildman–Crippen MR) is 79.4 cm³/mol. The molecule has 18 heavy (non-hydrogen) atoms. The summed E-state index contributed by atoms with van der Waals surface area (Å²) in [7, 11) is 1.94. The van der Waals surface area contributed by atoms with Crippen LogP contribution in [-0.2, 0) is 6.54 Å². The van der Waals surface area contributed by atoms with Crippen molar-refractivity contribution in [2.45, 2.75) is 13.5 Å². The second-order valence-corrected chi connectivity index (χ2v) is 5.15. The van der Waals surface area contributed by atoms with Crippen LogP contribution in [0.1, 0.15) is 11.1 Å². The molecule has 0 aliphatic rings. The van der Waals surface area contributed by atoms with Gasteiger partial charge in [-0.1, -0.05) is 41.4 Å². The molecule has 0 atom stereocenters. The highest BCUT2D eigenvalue weighted by atomic mass is 35.5. The van der Waals surface area contributed by atoms with Crippen molar-refractivity contribution in [3.63, 3.8) is 0 Å². The standard InChI is InChI=1S/C15H15Cl2N/c1-10-3-4-11(9-18-2)7-14(10)13-6-5-12(16)8-15(13)17/h3-8,18H,9H2,1-2H3. The van der Waals surface area contributed by atoms with Crippen molar-refractivity contribution in [2.75, 3.05) is 7.05 Å². The lowest BCUT2D eigenvalue weighted by molar-refractivity contribution is 0.818. The molecule has 0 bridgehead atoms. The molecule has 0 unspecified atom stereocenters. The van der Waals surface area contributed by atoms with Crippen molar-refractivity contribution in [3.05, 3.63) is 57.6 Å². The summed E-state index contributed by atoms with van der Waals surface area (Å²) in [4.78, 5) is 0. The van der Waals surface area contributed by atoms with Crippen LogP contribution in [0.15, 0.2) is 36.4 Å². The number of rotatable bonds is 3. The number of aryl methyl sites for hydroxylation is 1. The van der Waals surface area contributed by atoms with Crippen molar-refractivity contribution >= 4 is 23.2 Å². The van der Waals surface area contributed by atoms with Crippen LogP contribution in [0.2, 0.25) is 10.0 Å². The van der Waals surface area contributed by atoms with Gasteiger partial charge >= 0.3 is 0 Å². The first-order chi connectivity index (χ1) is 8.61. The van der Waals surface area contributed by atoms with Gasteiger partial charge in [-0.05, 0) is 48.9 Å². The van der Waals surface area contributed by atoms with E-state index in [1.165, 1.54) is 11.1 Å². The Bertz CT molecular complexity index is 564. The first-order valence-corrected chi connectivity index (χ1v) is 6.57. The molecule has 0 fully saturated rings. The summed E-state index contributed by atoms with van der Waals surface area (Å²) in [5, 5.41) is 4.50. The molecule has 0 saturated carbocycles. The Morgan fingerprint density at radius 1 is 1.00 bits per heavy atom. The summed E-state index contributed by atoms with van der Waals surface area (Å²) >= 11 is 12.2. The van der Waals surface area contributed by atoms with Crippen LogP contribution in [0.3, 0.4) is 0 Å². The predicted octanol–water partition coefficient (Wildman–Crippen LogP) is 4.69. The maximum Gasteiger partial charge on any atom is 0.0499 e. The molecule has 0 amide bonds. The number of halogens is 2. The molecule has 94 valence electrons. The molecule has 0 aliphatic carbocycles. The molecule has 0 spiro atoms. The van der Waals surface area contributed by atoms with E-state index in [0.717, 1.165) is 17.7 Å². The van der Waals surface area contributed by atoms with Crippen molar-refractivity contribution in [1.29, 1.82) is 0 Å². The Morgan fingerprint density at radius 3 is 2.44 bits per heavy atom. The first kappa shape index (κ1) is 13.4. The van der Waals surface area contributed by atoms with Crippen molar-refractivity contribution < 1.29 is 0 Å². The van der Waals surface area contributed by atoms with Gasteiger partial charge in [-0.15, -0.1) is 0 Å². The van der Waals surface area contributed by atoms with E-state index in [1.807, 2.05) is 19.2 Å². The van der Waals surface area contributed by atoms with E-state index in [2.05, 4.69) is 30.4 Å². The molecule has 0 saturated heterocycles. The van der Waals surface area contributed by atoms with Gasteiger partial charge in [-0.3, -0.25) is 0 Å². The minimum Gasteiger partial charge on any atom is -0.316 e. The number of nitrogens with one attached hydrogen (secondary N) is 1. The van der Waals surface area contributed by atoms with Gasteiger partial charge in [0.15, 0.2) is 0 Å². The van der Waals surface area contributed by atoms with Crippen LogP contribution >= 0.6 is 23.2 Å². The summed E-state index contributed by atoms with van der Waals surface area (Å²) in [6, 6.07) is 12.0. The molecule has 2 aromatic rings. The maximum atomic E-state index is 6.27. The molecule has 0 aliphatic heterocycles. The second kappa shape index (κ2) is 5.75. The van der Waals surface area contributed by atoms with Gasteiger partial charge in [-0.25, -0.2) is 0 Å². The molecule has 3 heteroatoms. The summed E-state index contributed by atoms with van der Waals surface area (Å²) in [6.45, 7) is 2.93. The van der Waals surface area contributed by atoms with Crippen LogP contribution in [-0.4, -0.2) is 7.05 Å². The van der Waals surface area contributed by atoms with E-state index in [1.54, 1.807) is 6.07 Å². The molecule has 1 N–H and O–H groups in total. The number of benzene rings is 2. The van der Waals surface area contributed by atoms with Crippen LogP contribution in [0.5, 0.6) is 0 Å². The molecule has 0 radical (unpaired) electrons. The van der Waals surface area contributed by atoms with Crippen LogP contribution in [0, 0.1) is 6.92 Å². The minimum absolute atomic E-state index is 0.660. The van der Waals surface area contributed by atoms with E-state index < -0.39 is 0 Å². The lowest BCUT2D eigenvalue weighted by Gasteiger charge is -2.11. The first-order valence-electron chi connectivity index (χ1n) is 5.81. The zero-order chi connectivity index (χ0) is 13.1. The largest absolute Gasteiger partial charge is 0.316 e. The molecular formula is C15H15Cl2N. The molecule has 0 heterocycles. The van der Waals surface area contributed by atoms with Gasteiger partial charge in [0, 0.05) is 22.2 Å². The summed E-state index contributed by atoms with van der Waals surface area (Å²) < 4.78 is 0. The SMILES string of the molecule is CNCc1ccc(C)c(-c2ccc(Cl)cc2Cl)c1. The lowest BCUT2D eigenvalue weighted by atomic mass is 9.98. The summed E-state index contributed by atoms with van der Waals surface area (Å²) in [6.07, 6.45) is 0. The average Bonchev–Trinajstić information content (AvgIpc) is 2.33. The highest BCUT2D eigenvalue weighted by Crippen LogP contribution is 2.32. The molecule has 0 aromatic heterocycles. The molecule has 2 rings (SSSR count). The Kier molecular flexibility index (Phi) is 4.28. The Labute approximate surface area is 118 Å². The number of hydrogen-bond donors (Lipinski definition) is 1. The van der Waals surface area contributed by atoms with Crippen LogP contribution in [0.25, 0.3) is 11.1 Å². The van der Waals surface area contributed by atoms with Crippen molar-refractivity contribution in [3.8, 4) is 11.1 Å². The van der Waals surface area contributed by atoms with Gasteiger partial charge in [0.1, 0.15) is 0 Å². The van der Waals surface area contributed by atoms with Crippen LogP contribution < -0.4 is 5.32 Å². The van der Waals surface area contributed by atoms with Gasteiger partial charge in [-0.2, -0.15) is 0 Å². The van der Waals surface area contributed by atoms with E-state index >= 15 is 0 Å². The average molecular weight is 280 g/mol. The molecular weight excluding hydrogens is 265 g/mol. The number of hydrogen-bond acceptors (Lipinski definition) is 1. The normalized spacial score (nSPS) is 10.7. The van der Waals surface area contributed by atoms with Gasteiger partial charge < -0.3 is 5.32 Å². The fourth-order valence-corrected chi connectivity index (χ4v) is 2.49. The third kappa shape index (κ3) is 2.86. The minimum atomic E-state index is 0.660. The second-order valence-electron chi connectivity index (χ2n) is 4.30. The monoisotopic (exact) mass is 279 g/mol. The Hall–Kier alpha value is -1.02.